The van der Waals surface area contributed by atoms with Crippen LogP contribution < -0.4 is 10.1 Å². The number of carbonyl (C=O) groups is 1. The maximum absolute atomic E-state index is 12.6. The van der Waals surface area contributed by atoms with Crippen LogP contribution in [0, 0.1) is 6.92 Å². The molecule has 5 nitrogen and oxygen atoms in total. The number of ether oxygens (including phenoxy) is 2. The van der Waals surface area contributed by atoms with E-state index in [1.807, 2.05) is 51.7 Å². The molecule has 1 aromatic rings. The number of hydrogen-bond acceptors (Lipinski definition) is 3. The van der Waals surface area contributed by atoms with E-state index in [1.54, 1.807) is 7.11 Å². The van der Waals surface area contributed by atoms with Crippen molar-refractivity contribution in [1.29, 1.82) is 0 Å². The van der Waals surface area contributed by atoms with Crippen LogP contribution in [-0.2, 0) is 4.74 Å². The fraction of sp³-hybridized carbons (Fsp3) is 0.611. The van der Waals surface area contributed by atoms with Crippen molar-refractivity contribution in [1.82, 2.24) is 10.2 Å². The van der Waals surface area contributed by atoms with Crippen molar-refractivity contribution >= 4 is 6.03 Å². The number of morpholine rings is 1. The lowest BCUT2D eigenvalue weighted by Crippen LogP contribution is -2.56. The second-order valence-electron chi connectivity index (χ2n) is 6.99. The molecule has 0 aliphatic carbocycles. The maximum atomic E-state index is 12.6. The molecule has 23 heavy (non-hydrogen) atoms. The fourth-order valence-corrected chi connectivity index (χ4v) is 3.15. The van der Waals surface area contributed by atoms with Crippen molar-refractivity contribution in [2.24, 2.45) is 0 Å². The number of urea groups is 1. The van der Waals surface area contributed by atoms with E-state index in [0.29, 0.717) is 13.1 Å². The van der Waals surface area contributed by atoms with Gasteiger partial charge in [0.2, 0.25) is 0 Å². The number of amides is 2. The third kappa shape index (κ3) is 4.38. The van der Waals surface area contributed by atoms with E-state index in [4.69, 9.17) is 9.47 Å². The normalized spacial score (nSPS) is 21.7. The van der Waals surface area contributed by atoms with Crippen LogP contribution >= 0.6 is 0 Å². The molecule has 0 saturated carbocycles. The number of aryl methyl sites for hydroxylation is 1. The molecule has 1 aliphatic rings. The molecule has 0 bridgehead atoms. The summed E-state index contributed by atoms with van der Waals surface area (Å²) in [4.78, 5) is 14.4. The van der Waals surface area contributed by atoms with Crippen LogP contribution in [0.1, 0.15) is 44.9 Å². The van der Waals surface area contributed by atoms with Crippen LogP contribution in [0.4, 0.5) is 4.79 Å². The first-order valence-corrected chi connectivity index (χ1v) is 8.09. The number of carbonyl (C=O) groups excluding carboxylic acids is 1. The number of hydrogen-bond donors (Lipinski definition) is 1. The molecular formula is C18H28N2O3. The van der Waals surface area contributed by atoms with Gasteiger partial charge in [-0.1, -0.05) is 17.7 Å². The number of benzene rings is 1. The van der Waals surface area contributed by atoms with E-state index in [-0.39, 0.29) is 23.8 Å². The average molecular weight is 320 g/mol. The van der Waals surface area contributed by atoms with Gasteiger partial charge in [0.1, 0.15) is 5.75 Å². The second-order valence-corrected chi connectivity index (χ2v) is 6.99. The van der Waals surface area contributed by atoms with Crippen LogP contribution in [0.15, 0.2) is 18.2 Å². The number of nitrogens with one attached hydrogen (secondary N) is 1. The zero-order valence-electron chi connectivity index (χ0n) is 15.0. The summed E-state index contributed by atoms with van der Waals surface area (Å²) in [6.45, 7) is 11.2. The van der Waals surface area contributed by atoms with Crippen molar-refractivity contribution in [3.63, 3.8) is 0 Å². The van der Waals surface area contributed by atoms with Gasteiger partial charge in [-0.05, 0) is 40.7 Å². The molecule has 1 N–H and O–H groups in total. The van der Waals surface area contributed by atoms with E-state index in [2.05, 4.69) is 11.4 Å². The van der Waals surface area contributed by atoms with Crippen molar-refractivity contribution in [3.05, 3.63) is 29.3 Å². The van der Waals surface area contributed by atoms with E-state index in [0.717, 1.165) is 16.9 Å². The Labute approximate surface area is 139 Å². The molecule has 0 radical (unpaired) electrons. The predicted octanol–water partition coefficient (Wildman–Crippen LogP) is 3.27. The third-order valence-corrected chi connectivity index (χ3v) is 4.05. The van der Waals surface area contributed by atoms with Gasteiger partial charge in [-0.3, -0.25) is 0 Å². The van der Waals surface area contributed by atoms with E-state index in [1.165, 1.54) is 0 Å². The Bertz CT molecular complexity index is 571. The van der Waals surface area contributed by atoms with Crippen LogP contribution in [0.5, 0.6) is 5.75 Å². The smallest absolute Gasteiger partial charge is 0.318 e. The highest BCUT2D eigenvalue weighted by Crippen LogP contribution is 2.27. The minimum atomic E-state index is -0.320. The molecule has 1 fully saturated rings. The highest BCUT2D eigenvalue weighted by atomic mass is 16.5. The van der Waals surface area contributed by atoms with Gasteiger partial charge in [0.15, 0.2) is 0 Å². The van der Waals surface area contributed by atoms with E-state index >= 15 is 0 Å². The van der Waals surface area contributed by atoms with Crippen LogP contribution in [-0.4, -0.2) is 42.8 Å². The Morgan fingerprint density at radius 1 is 1.48 bits per heavy atom. The largest absolute Gasteiger partial charge is 0.496 e. The summed E-state index contributed by atoms with van der Waals surface area (Å²) in [6, 6.07) is 5.80. The van der Waals surface area contributed by atoms with Gasteiger partial charge in [0, 0.05) is 12.1 Å². The Balaban J connectivity index is 2.09. The van der Waals surface area contributed by atoms with Crippen LogP contribution in [0.25, 0.3) is 0 Å². The van der Waals surface area contributed by atoms with Gasteiger partial charge in [-0.25, -0.2) is 4.79 Å². The summed E-state index contributed by atoms with van der Waals surface area (Å²) >= 11 is 0. The summed E-state index contributed by atoms with van der Waals surface area (Å²) in [5.74, 6) is 0.791. The fourth-order valence-electron chi connectivity index (χ4n) is 3.15. The standard InChI is InChI=1S/C18H28N2O3/c1-12-7-8-16(22-6)15(9-12)14(3)19-17(21)20-10-13(2)23-18(4,5)11-20/h7-9,13-14H,10-11H2,1-6H3,(H,19,21). The third-order valence-electron chi connectivity index (χ3n) is 4.05. The first kappa shape index (κ1) is 17.6. The van der Waals surface area contributed by atoms with Gasteiger partial charge in [-0.15, -0.1) is 0 Å². The zero-order valence-corrected chi connectivity index (χ0v) is 15.0. The van der Waals surface area contributed by atoms with Gasteiger partial charge in [0.25, 0.3) is 0 Å². The first-order chi connectivity index (χ1) is 10.7. The zero-order chi connectivity index (χ0) is 17.2. The minimum absolute atomic E-state index is 0.0355. The second kappa shape index (κ2) is 6.79. The predicted molar refractivity (Wildman–Crippen MR) is 90.9 cm³/mol. The lowest BCUT2D eigenvalue weighted by atomic mass is 10.0. The first-order valence-electron chi connectivity index (χ1n) is 8.09. The summed E-state index contributed by atoms with van der Waals surface area (Å²) in [5.41, 5.74) is 1.81. The molecule has 2 rings (SSSR count). The molecule has 128 valence electrons. The number of nitrogens with zero attached hydrogens (tertiary/aromatic N) is 1. The summed E-state index contributed by atoms with van der Waals surface area (Å²) < 4.78 is 11.3. The molecule has 1 saturated heterocycles. The SMILES string of the molecule is COc1ccc(C)cc1C(C)NC(=O)N1CC(C)OC(C)(C)C1. The Hall–Kier alpha value is -1.75. The maximum Gasteiger partial charge on any atom is 0.318 e. The topological polar surface area (TPSA) is 50.8 Å². The van der Waals surface area contributed by atoms with E-state index in [9.17, 15) is 4.79 Å². The summed E-state index contributed by atoms with van der Waals surface area (Å²) in [7, 11) is 1.65. The van der Waals surface area contributed by atoms with Crippen molar-refractivity contribution < 1.29 is 14.3 Å². The van der Waals surface area contributed by atoms with E-state index < -0.39 is 0 Å². The number of rotatable bonds is 3. The van der Waals surface area contributed by atoms with Gasteiger partial charge in [0.05, 0.1) is 31.4 Å². The molecular weight excluding hydrogens is 292 g/mol. The monoisotopic (exact) mass is 320 g/mol. The summed E-state index contributed by atoms with van der Waals surface area (Å²) in [6.07, 6.45) is 0.0355. The molecule has 2 amide bonds. The Morgan fingerprint density at radius 2 is 2.17 bits per heavy atom. The average Bonchev–Trinajstić information content (AvgIpc) is 2.44. The highest BCUT2D eigenvalue weighted by molar-refractivity contribution is 5.75. The Morgan fingerprint density at radius 3 is 2.78 bits per heavy atom. The lowest BCUT2D eigenvalue weighted by molar-refractivity contribution is -0.117. The Kier molecular flexibility index (Phi) is 5.19. The minimum Gasteiger partial charge on any atom is -0.496 e. The van der Waals surface area contributed by atoms with Crippen LogP contribution in [0.2, 0.25) is 0 Å². The van der Waals surface area contributed by atoms with Gasteiger partial charge in [-0.2, -0.15) is 0 Å². The van der Waals surface area contributed by atoms with Gasteiger partial charge >= 0.3 is 6.03 Å². The molecule has 2 unspecified atom stereocenters. The van der Waals surface area contributed by atoms with Crippen molar-refractivity contribution in [2.45, 2.75) is 52.4 Å². The molecule has 0 spiro atoms. The van der Waals surface area contributed by atoms with Crippen LogP contribution in [0.3, 0.4) is 0 Å². The lowest BCUT2D eigenvalue weighted by Gasteiger charge is -2.42. The molecule has 2 atom stereocenters. The highest BCUT2D eigenvalue weighted by Gasteiger charge is 2.34. The van der Waals surface area contributed by atoms with Crippen molar-refractivity contribution in [2.75, 3.05) is 20.2 Å². The summed E-state index contributed by atoms with van der Waals surface area (Å²) in [5, 5.41) is 3.08. The molecule has 1 aliphatic heterocycles. The molecule has 5 heteroatoms. The molecule has 1 heterocycles. The quantitative estimate of drug-likeness (QED) is 0.930. The molecule has 0 aromatic heterocycles. The molecule has 1 aromatic carbocycles. The van der Waals surface area contributed by atoms with Crippen molar-refractivity contribution in [3.8, 4) is 5.75 Å². The van der Waals surface area contributed by atoms with Gasteiger partial charge < -0.3 is 19.7 Å². The number of methoxy groups -OCH3 is 1.